The number of nitro groups is 1. The van der Waals surface area contributed by atoms with E-state index < -0.39 is 10.5 Å². The largest absolute Gasteiger partial charge is 0.337 e. The Kier molecular flexibility index (Phi) is 6.94. The van der Waals surface area contributed by atoms with Gasteiger partial charge in [-0.15, -0.1) is 12.4 Å². The molecule has 2 N–H and O–H groups in total. The number of carbonyl (C=O) groups is 2. The number of non-ortho nitro benzene ring substituents is 1. The number of halogens is 1. The Labute approximate surface area is 174 Å². The highest BCUT2D eigenvalue weighted by atomic mass is 35.5. The van der Waals surface area contributed by atoms with Crippen molar-refractivity contribution in [2.24, 2.45) is 5.73 Å². The van der Waals surface area contributed by atoms with Crippen LogP contribution in [0.1, 0.15) is 22.8 Å². The third-order valence-corrected chi connectivity index (χ3v) is 5.00. The van der Waals surface area contributed by atoms with E-state index in [1.54, 1.807) is 16.7 Å². The first-order chi connectivity index (χ1) is 13.3. The Morgan fingerprint density at radius 2 is 1.48 bits per heavy atom. The second kappa shape index (κ2) is 9.02. The van der Waals surface area contributed by atoms with Crippen molar-refractivity contribution in [1.29, 1.82) is 0 Å². The molecule has 1 unspecified atom stereocenters. The van der Waals surface area contributed by atoms with Gasteiger partial charge in [-0.05, 0) is 24.6 Å². The molecule has 1 fully saturated rings. The third kappa shape index (κ3) is 4.72. The molecule has 1 aliphatic heterocycles. The topological polar surface area (TPSA) is 110 Å². The van der Waals surface area contributed by atoms with E-state index in [1.807, 2.05) is 30.3 Å². The van der Waals surface area contributed by atoms with Crippen LogP contribution in [0.3, 0.4) is 0 Å². The summed E-state index contributed by atoms with van der Waals surface area (Å²) in [6, 6.07) is 14.7. The van der Waals surface area contributed by atoms with Crippen molar-refractivity contribution in [1.82, 2.24) is 9.80 Å². The van der Waals surface area contributed by atoms with Crippen molar-refractivity contribution in [2.75, 3.05) is 26.2 Å². The molecule has 0 spiro atoms. The molecule has 2 aromatic carbocycles. The predicted octanol–water partition coefficient (Wildman–Crippen LogP) is 2.18. The summed E-state index contributed by atoms with van der Waals surface area (Å²) in [6.07, 6.45) is 0. The van der Waals surface area contributed by atoms with Gasteiger partial charge in [-0.1, -0.05) is 30.3 Å². The molecule has 1 saturated heterocycles. The van der Waals surface area contributed by atoms with Gasteiger partial charge in [-0.2, -0.15) is 0 Å². The fourth-order valence-electron chi connectivity index (χ4n) is 3.26. The molecule has 1 heterocycles. The zero-order chi connectivity index (χ0) is 20.3. The van der Waals surface area contributed by atoms with E-state index in [9.17, 15) is 19.7 Å². The van der Waals surface area contributed by atoms with Crippen LogP contribution in [-0.4, -0.2) is 52.7 Å². The minimum atomic E-state index is -1.13. The van der Waals surface area contributed by atoms with E-state index in [0.29, 0.717) is 31.7 Å². The molecule has 0 saturated carbocycles. The standard InChI is InChI=1S/C20H22N4O4.ClH/c1-20(21,16-5-3-2-4-6-16)19(26)23-13-11-22(12-14-23)18(25)15-7-9-17(10-8-15)24(27)28;/h2-10H,11-14,21H2,1H3;1H. The van der Waals surface area contributed by atoms with E-state index in [0.717, 1.165) is 5.56 Å². The molecule has 0 aromatic heterocycles. The summed E-state index contributed by atoms with van der Waals surface area (Å²) in [6.45, 7) is 3.23. The number of piperazine rings is 1. The summed E-state index contributed by atoms with van der Waals surface area (Å²) in [4.78, 5) is 39.0. The average molecular weight is 419 g/mol. The van der Waals surface area contributed by atoms with Gasteiger partial charge in [0, 0.05) is 43.9 Å². The number of carbonyl (C=O) groups excluding carboxylic acids is 2. The number of rotatable bonds is 4. The highest BCUT2D eigenvalue weighted by Crippen LogP contribution is 2.22. The first kappa shape index (κ1) is 22.3. The van der Waals surface area contributed by atoms with E-state index in [-0.39, 0.29) is 29.9 Å². The smallest absolute Gasteiger partial charge is 0.269 e. The monoisotopic (exact) mass is 418 g/mol. The molecule has 29 heavy (non-hydrogen) atoms. The fraction of sp³-hybridized carbons (Fsp3) is 0.300. The Bertz CT molecular complexity index is 879. The van der Waals surface area contributed by atoms with Crippen LogP contribution in [-0.2, 0) is 10.3 Å². The summed E-state index contributed by atoms with van der Waals surface area (Å²) < 4.78 is 0. The molecule has 2 aromatic rings. The lowest BCUT2D eigenvalue weighted by atomic mass is 9.91. The van der Waals surface area contributed by atoms with E-state index >= 15 is 0 Å². The van der Waals surface area contributed by atoms with Crippen LogP contribution in [0.5, 0.6) is 0 Å². The lowest BCUT2D eigenvalue weighted by Crippen LogP contribution is -2.57. The van der Waals surface area contributed by atoms with Gasteiger partial charge in [-0.25, -0.2) is 0 Å². The van der Waals surface area contributed by atoms with Gasteiger partial charge in [0.05, 0.1) is 4.92 Å². The van der Waals surface area contributed by atoms with E-state index in [4.69, 9.17) is 5.73 Å². The highest BCUT2D eigenvalue weighted by Gasteiger charge is 2.36. The van der Waals surface area contributed by atoms with Crippen LogP contribution in [0.25, 0.3) is 0 Å². The van der Waals surface area contributed by atoms with Crippen molar-refractivity contribution in [3.63, 3.8) is 0 Å². The first-order valence-corrected chi connectivity index (χ1v) is 8.98. The molecule has 0 bridgehead atoms. The van der Waals surface area contributed by atoms with Gasteiger partial charge in [0.1, 0.15) is 5.54 Å². The lowest BCUT2D eigenvalue weighted by molar-refractivity contribution is -0.384. The molecule has 154 valence electrons. The number of nitro benzene ring substituents is 1. The molecular formula is C20H23ClN4O4. The molecule has 1 atom stereocenters. The Morgan fingerprint density at radius 3 is 2.00 bits per heavy atom. The van der Waals surface area contributed by atoms with Crippen molar-refractivity contribution in [2.45, 2.75) is 12.5 Å². The number of amides is 2. The van der Waals surface area contributed by atoms with Gasteiger partial charge >= 0.3 is 0 Å². The Balaban J connectivity index is 0.00000300. The number of nitrogens with zero attached hydrogens (tertiary/aromatic N) is 3. The quantitative estimate of drug-likeness (QED) is 0.604. The van der Waals surface area contributed by atoms with Crippen molar-refractivity contribution >= 4 is 29.9 Å². The minimum absolute atomic E-state index is 0. The maximum absolute atomic E-state index is 12.9. The SMILES string of the molecule is CC(N)(C(=O)N1CCN(C(=O)c2ccc([N+](=O)[O-])cc2)CC1)c1ccccc1.Cl. The third-order valence-electron chi connectivity index (χ3n) is 5.00. The highest BCUT2D eigenvalue weighted by molar-refractivity contribution is 5.94. The first-order valence-electron chi connectivity index (χ1n) is 8.98. The van der Waals surface area contributed by atoms with E-state index in [2.05, 4.69) is 0 Å². The maximum Gasteiger partial charge on any atom is 0.269 e. The normalized spacial score (nSPS) is 15.8. The molecule has 2 amide bonds. The summed E-state index contributed by atoms with van der Waals surface area (Å²) in [5.41, 5.74) is 6.24. The van der Waals surface area contributed by atoms with Crippen LogP contribution >= 0.6 is 12.4 Å². The van der Waals surface area contributed by atoms with Gasteiger partial charge in [0.2, 0.25) is 5.91 Å². The second-order valence-corrected chi connectivity index (χ2v) is 6.96. The van der Waals surface area contributed by atoms with Gasteiger partial charge in [0.25, 0.3) is 11.6 Å². The van der Waals surface area contributed by atoms with Crippen molar-refractivity contribution in [3.8, 4) is 0 Å². The van der Waals surface area contributed by atoms with Crippen LogP contribution in [0, 0.1) is 10.1 Å². The van der Waals surface area contributed by atoms with Crippen LogP contribution in [0.15, 0.2) is 54.6 Å². The minimum Gasteiger partial charge on any atom is -0.337 e. The summed E-state index contributed by atoms with van der Waals surface area (Å²) >= 11 is 0. The summed E-state index contributed by atoms with van der Waals surface area (Å²) in [5.74, 6) is -0.387. The molecular weight excluding hydrogens is 396 g/mol. The van der Waals surface area contributed by atoms with Crippen LogP contribution in [0.4, 0.5) is 5.69 Å². The number of benzene rings is 2. The molecule has 0 aliphatic carbocycles. The molecule has 9 heteroatoms. The molecule has 8 nitrogen and oxygen atoms in total. The fourth-order valence-corrected chi connectivity index (χ4v) is 3.26. The summed E-state index contributed by atoms with van der Waals surface area (Å²) in [5, 5.41) is 10.7. The van der Waals surface area contributed by atoms with Gasteiger partial charge in [-0.3, -0.25) is 19.7 Å². The number of hydrogen-bond donors (Lipinski definition) is 1. The molecule has 3 rings (SSSR count). The Morgan fingerprint density at radius 1 is 0.966 bits per heavy atom. The lowest BCUT2D eigenvalue weighted by Gasteiger charge is -2.38. The Hall–Kier alpha value is -2.97. The van der Waals surface area contributed by atoms with Crippen molar-refractivity contribution < 1.29 is 14.5 Å². The number of hydrogen-bond acceptors (Lipinski definition) is 5. The summed E-state index contributed by atoms with van der Waals surface area (Å²) in [7, 11) is 0. The molecule has 0 radical (unpaired) electrons. The number of nitrogens with two attached hydrogens (primary N) is 1. The van der Waals surface area contributed by atoms with Gasteiger partial charge < -0.3 is 15.5 Å². The van der Waals surface area contributed by atoms with Crippen LogP contribution in [0.2, 0.25) is 0 Å². The zero-order valence-corrected chi connectivity index (χ0v) is 16.8. The predicted molar refractivity (Wildman–Crippen MR) is 111 cm³/mol. The molecule has 1 aliphatic rings. The van der Waals surface area contributed by atoms with Gasteiger partial charge in [0.15, 0.2) is 0 Å². The van der Waals surface area contributed by atoms with Crippen molar-refractivity contribution in [3.05, 3.63) is 75.8 Å². The second-order valence-electron chi connectivity index (χ2n) is 6.96. The van der Waals surface area contributed by atoms with Crippen LogP contribution < -0.4 is 5.73 Å². The zero-order valence-electron chi connectivity index (χ0n) is 16.0. The van der Waals surface area contributed by atoms with E-state index in [1.165, 1.54) is 24.3 Å². The average Bonchev–Trinajstić information content (AvgIpc) is 2.73. The maximum atomic E-state index is 12.9.